The first-order valence-corrected chi connectivity index (χ1v) is 12.9. The molecule has 2 heterocycles. The summed E-state index contributed by atoms with van der Waals surface area (Å²) in [6.45, 7) is 7.41. The highest BCUT2D eigenvalue weighted by atomic mass is 19.4. The quantitative estimate of drug-likeness (QED) is 0.383. The highest BCUT2D eigenvalue weighted by Crippen LogP contribution is 2.36. The van der Waals surface area contributed by atoms with Crippen molar-refractivity contribution in [1.29, 1.82) is 0 Å². The molecule has 1 fully saturated rings. The summed E-state index contributed by atoms with van der Waals surface area (Å²) in [6, 6.07) is 15.5. The third-order valence-corrected chi connectivity index (χ3v) is 6.88. The van der Waals surface area contributed by atoms with Gasteiger partial charge in [0.05, 0.1) is 6.04 Å². The average Bonchev–Trinajstić information content (AvgIpc) is 3.12. The minimum absolute atomic E-state index is 0.00528. The SMILES string of the molecule is CN1[C@H](c2ccc(C(C)(C)C)cc2)N(CCc2ccc(OC(F)(F)F)cc2)C(=O)[C@@H]1CCNc1ncccn1. The number of carbonyl (C=O) groups is 1. The van der Waals surface area contributed by atoms with Crippen LogP contribution < -0.4 is 10.1 Å². The Morgan fingerprint density at radius 1 is 0.974 bits per heavy atom. The first kappa shape index (κ1) is 28.4. The van der Waals surface area contributed by atoms with Crippen LogP contribution in [0.4, 0.5) is 19.1 Å². The van der Waals surface area contributed by atoms with Gasteiger partial charge in [-0.15, -0.1) is 13.2 Å². The molecular formula is C29H34F3N5O2. The molecular weight excluding hydrogens is 507 g/mol. The maximum absolute atomic E-state index is 13.7. The number of nitrogens with zero attached hydrogens (tertiary/aromatic N) is 4. The Labute approximate surface area is 227 Å². The normalized spacial score (nSPS) is 18.4. The van der Waals surface area contributed by atoms with Gasteiger partial charge in [-0.2, -0.15) is 0 Å². The van der Waals surface area contributed by atoms with Gasteiger partial charge >= 0.3 is 6.36 Å². The summed E-state index contributed by atoms with van der Waals surface area (Å²) in [6.07, 6.45) is -0.640. The lowest BCUT2D eigenvalue weighted by atomic mass is 9.86. The number of hydrogen-bond donors (Lipinski definition) is 1. The highest BCUT2D eigenvalue weighted by Gasteiger charge is 2.44. The maximum atomic E-state index is 13.7. The zero-order valence-corrected chi connectivity index (χ0v) is 22.6. The van der Waals surface area contributed by atoms with Crippen molar-refractivity contribution in [2.75, 3.05) is 25.5 Å². The number of halogens is 3. The van der Waals surface area contributed by atoms with Crippen molar-refractivity contribution in [2.45, 2.75) is 57.6 Å². The predicted octanol–water partition coefficient (Wildman–Crippen LogP) is 5.56. The number of rotatable bonds is 9. The summed E-state index contributed by atoms with van der Waals surface area (Å²) in [5.74, 6) is 0.250. The summed E-state index contributed by atoms with van der Waals surface area (Å²) in [5.41, 5.74) is 3.03. The van der Waals surface area contributed by atoms with E-state index in [2.05, 4.69) is 70.0 Å². The van der Waals surface area contributed by atoms with Gasteiger partial charge in [-0.05, 0) is 60.2 Å². The summed E-state index contributed by atoms with van der Waals surface area (Å²) in [7, 11) is 1.95. The van der Waals surface area contributed by atoms with Gasteiger partial charge in [0.2, 0.25) is 11.9 Å². The molecule has 39 heavy (non-hydrogen) atoms. The summed E-state index contributed by atoms with van der Waals surface area (Å²) < 4.78 is 41.5. The number of nitrogens with one attached hydrogen (secondary N) is 1. The van der Waals surface area contributed by atoms with Crippen LogP contribution in [-0.2, 0) is 16.6 Å². The molecule has 1 aromatic heterocycles. The minimum atomic E-state index is -4.74. The first-order valence-electron chi connectivity index (χ1n) is 12.9. The van der Waals surface area contributed by atoms with E-state index in [4.69, 9.17) is 0 Å². The summed E-state index contributed by atoms with van der Waals surface area (Å²) >= 11 is 0. The second-order valence-corrected chi connectivity index (χ2v) is 10.7. The molecule has 1 N–H and O–H groups in total. The highest BCUT2D eigenvalue weighted by molar-refractivity contribution is 5.84. The number of aromatic nitrogens is 2. The van der Waals surface area contributed by atoms with Crippen LogP contribution in [-0.4, -0.2) is 58.2 Å². The molecule has 208 valence electrons. The lowest BCUT2D eigenvalue weighted by molar-refractivity contribution is -0.274. The fraction of sp³-hybridized carbons (Fsp3) is 0.414. The van der Waals surface area contributed by atoms with Crippen LogP contribution in [0.1, 0.15) is 50.0 Å². The van der Waals surface area contributed by atoms with Crippen molar-refractivity contribution in [2.24, 2.45) is 0 Å². The Kier molecular flexibility index (Phi) is 8.44. The number of ether oxygens (including phenoxy) is 1. The monoisotopic (exact) mass is 541 g/mol. The van der Waals surface area contributed by atoms with Crippen LogP contribution in [0.2, 0.25) is 0 Å². The molecule has 4 rings (SSSR count). The molecule has 0 unspecified atom stereocenters. The van der Waals surface area contributed by atoms with E-state index in [0.29, 0.717) is 31.9 Å². The standard InChI is InChI=1S/C29H34F3N5O2/c1-28(2,3)22-10-8-21(9-11-22)25-36(4)24(14-18-35-27-33-16-5-17-34-27)26(38)37(25)19-15-20-6-12-23(13-7-20)39-29(30,31)32/h5-13,16-17,24-25H,14-15,18-19H2,1-4H3,(H,33,34,35)/t24-,25-/m0/s1. The van der Waals surface area contributed by atoms with Gasteiger partial charge < -0.3 is 15.0 Å². The van der Waals surface area contributed by atoms with E-state index in [1.54, 1.807) is 30.6 Å². The van der Waals surface area contributed by atoms with E-state index < -0.39 is 6.36 Å². The molecule has 1 amide bonds. The third-order valence-electron chi connectivity index (χ3n) is 6.88. The van der Waals surface area contributed by atoms with Crippen LogP contribution in [0.5, 0.6) is 5.75 Å². The molecule has 3 aromatic rings. The van der Waals surface area contributed by atoms with Gasteiger partial charge in [-0.25, -0.2) is 9.97 Å². The minimum Gasteiger partial charge on any atom is -0.406 e. The number of alkyl halides is 3. The topological polar surface area (TPSA) is 70.6 Å². The lowest BCUT2D eigenvalue weighted by Crippen LogP contribution is -2.33. The Hall–Kier alpha value is -3.66. The first-order chi connectivity index (χ1) is 18.4. The smallest absolute Gasteiger partial charge is 0.406 e. The molecule has 2 aromatic carbocycles. The van der Waals surface area contributed by atoms with Gasteiger partial charge in [0.1, 0.15) is 11.9 Å². The van der Waals surface area contributed by atoms with E-state index in [9.17, 15) is 18.0 Å². The Balaban J connectivity index is 1.51. The summed E-state index contributed by atoms with van der Waals surface area (Å²) in [4.78, 5) is 26.0. The zero-order chi connectivity index (χ0) is 28.2. The van der Waals surface area contributed by atoms with Crippen molar-refractivity contribution in [1.82, 2.24) is 19.8 Å². The van der Waals surface area contributed by atoms with E-state index in [0.717, 1.165) is 11.1 Å². The number of hydrogen-bond acceptors (Lipinski definition) is 6. The van der Waals surface area contributed by atoms with E-state index in [1.807, 2.05) is 11.9 Å². The average molecular weight is 542 g/mol. The van der Waals surface area contributed by atoms with Crippen LogP contribution in [0.25, 0.3) is 0 Å². The number of anilines is 1. The number of amides is 1. The van der Waals surface area contributed by atoms with Crippen molar-refractivity contribution in [3.63, 3.8) is 0 Å². The van der Waals surface area contributed by atoms with Gasteiger partial charge in [-0.1, -0.05) is 57.2 Å². The number of benzene rings is 2. The van der Waals surface area contributed by atoms with E-state index in [1.165, 1.54) is 17.7 Å². The fourth-order valence-corrected chi connectivity index (χ4v) is 4.82. The molecule has 0 radical (unpaired) electrons. The Morgan fingerprint density at radius 2 is 1.62 bits per heavy atom. The van der Waals surface area contributed by atoms with Crippen molar-refractivity contribution in [3.05, 3.63) is 83.7 Å². The fourth-order valence-electron chi connectivity index (χ4n) is 4.82. The molecule has 1 saturated heterocycles. The second kappa shape index (κ2) is 11.6. The number of likely N-dealkylation sites (N-methyl/N-ethyl adjacent to an activating group) is 1. The molecule has 0 spiro atoms. The van der Waals surface area contributed by atoms with Crippen LogP contribution in [0, 0.1) is 0 Å². The van der Waals surface area contributed by atoms with Gasteiger partial charge in [-0.3, -0.25) is 9.69 Å². The van der Waals surface area contributed by atoms with Crippen LogP contribution in [0.15, 0.2) is 67.0 Å². The summed E-state index contributed by atoms with van der Waals surface area (Å²) in [5, 5.41) is 3.17. The van der Waals surface area contributed by atoms with E-state index in [-0.39, 0.29) is 29.3 Å². The largest absolute Gasteiger partial charge is 0.573 e. The van der Waals surface area contributed by atoms with Gasteiger partial charge in [0, 0.05) is 25.5 Å². The molecule has 1 aliphatic heterocycles. The Bertz CT molecular complexity index is 1230. The second-order valence-electron chi connectivity index (χ2n) is 10.7. The van der Waals surface area contributed by atoms with Gasteiger partial charge in [0.15, 0.2) is 0 Å². The van der Waals surface area contributed by atoms with Crippen LogP contribution in [0.3, 0.4) is 0 Å². The van der Waals surface area contributed by atoms with Crippen molar-refractivity contribution < 1.29 is 22.7 Å². The van der Waals surface area contributed by atoms with E-state index >= 15 is 0 Å². The van der Waals surface area contributed by atoms with Gasteiger partial charge in [0.25, 0.3) is 0 Å². The van der Waals surface area contributed by atoms with Crippen LogP contribution >= 0.6 is 0 Å². The maximum Gasteiger partial charge on any atom is 0.573 e. The molecule has 1 aliphatic rings. The molecule has 10 heteroatoms. The molecule has 7 nitrogen and oxygen atoms in total. The van der Waals surface area contributed by atoms with Crippen molar-refractivity contribution in [3.8, 4) is 5.75 Å². The Morgan fingerprint density at radius 3 is 2.21 bits per heavy atom. The molecule has 0 saturated carbocycles. The van der Waals surface area contributed by atoms with Crippen molar-refractivity contribution >= 4 is 11.9 Å². The molecule has 0 aliphatic carbocycles. The predicted molar refractivity (Wildman–Crippen MR) is 143 cm³/mol. The lowest BCUT2D eigenvalue weighted by Gasteiger charge is -2.30. The third kappa shape index (κ3) is 7.26. The molecule has 2 atom stereocenters. The number of carbonyl (C=O) groups excluding carboxylic acids is 1. The molecule has 0 bridgehead atoms. The zero-order valence-electron chi connectivity index (χ0n) is 22.6.